The van der Waals surface area contributed by atoms with Gasteiger partial charge in [0.15, 0.2) is 5.82 Å². The van der Waals surface area contributed by atoms with Gasteiger partial charge in [-0.25, -0.2) is 14.5 Å². The van der Waals surface area contributed by atoms with Crippen LogP contribution in [0.3, 0.4) is 0 Å². The molecule has 0 aliphatic heterocycles. The Morgan fingerprint density at radius 2 is 1.93 bits per heavy atom. The predicted octanol–water partition coefficient (Wildman–Crippen LogP) is 4.24. The zero-order valence-corrected chi connectivity index (χ0v) is 14.9. The third-order valence-electron chi connectivity index (χ3n) is 5.23. The summed E-state index contributed by atoms with van der Waals surface area (Å²) in [4.78, 5) is 21.6. The predicted molar refractivity (Wildman–Crippen MR) is 97.8 cm³/mol. The van der Waals surface area contributed by atoms with Crippen LogP contribution in [0.4, 0.5) is 13.2 Å². The minimum Gasteiger partial charge on any atom is -0.302 e. The van der Waals surface area contributed by atoms with Crippen LogP contribution in [0.15, 0.2) is 47.7 Å². The summed E-state index contributed by atoms with van der Waals surface area (Å²) in [7, 11) is 0. The molecule has 0 spiro atoms. The van der Waals surface area contributed by atoms with Crippen molar-refractivity contribution in [2.45, 2.75) is 31.9 Å². The number of pyridine rings is 1. The van der Waals surface area contributed by atoms with Gasteiger partial charge in [-0.15, -0.1) is 0 Å². The quantitative estimate of drug-likeness (QED) is 0.520. The molecule has 0 radical (unpaired) electrons. The minimum absolute atomic E-state index is 0.00788. The van der Waals surface area contributed by atoms with E-state index >= 15 is 0 Å². The first-order valence-corrected chi connectivity index (χ1v) is 8.90. The van der Waals surface area contributed by atoms with Gasteiger partial charge >= 0.3 is 6.18 Å². The van der Waals surface area contributed by atoms with Crippen molar-refractivity contribution in [1.29, 1.82) is 0 Å². The van der Waals surface area contributed by atoms with Crippen molar-refractivity contribution in [3.05, 3.63) is 70.0 Å². The molecule has 0 bridgehead atoms. The second kappa shape index (κ2) is 5.67. The Hall–Kier alpha value is -3.16. The zero-order chi connectivity index (χ0) is 19.6. The largest absolute Gasteiger partial charge is 0.416 e. The summed E-state index contributed by atoms with van der Waals surface area (Å²) in [6.45, 7) is 1.84. The van der Waals surface area contributed by atoms with Gasteiger partial charge < -0.3 is 4.40 Å². The summed E-state index contributed by atoms with van der Waals surface area (Å²) in [5.41, 5.74) is 1.44. The second-order valence-corrected chi connectivity index (χ2v) is 7.13. The maximum Gasteiger partial charge on any atom is 0.416 e. The molecule has 0 unspecified atom stereocenters. The highest BCUT2D eigenvalue weighted by Gasteiger charge is 2.31. The number of hydrogen-bond acceptors (Lipinski definition) is 3. The summed E-state index contributed by atoms with van der Waals surface area (Å²) in [6, 6.07) is 7.03. The van der Waals surface area contributed by atoms with Crippen LogP contribution in [-0.2, 0) is 6.18 Å². The van der Waals surface area contributed by atoms with Crippen molar-refractivity contribution >= 4 is 16.6 Å². The van der Waals surface area contributed by atoms with Gasteiger partial charge in [0.25, 0.3) is 5.56 Å². The van der Waals surface area contributed by atoms with Gasteiger partial charge in [0.1, 0.15) is 12.0 Å². The number of fused-ring (bicyclic) bond motifs is 2. The standard InChI is InChI=1S/C20H15F3N4O/c1-11-18(25-17-8-13(12-2-3-12)6-7-26(11)17)27-10-24-16-9-14(20(21,22)23)4-5-15(16)19(27)28/h4-10,12H,2-3H2,1H3. The molecule has 28 heavy (non-hydrogen) atoms. The summed E-state index contributed by atoms with van der Waals surface area (Å²) in [5.74, 6) is 1.01. The molecule has 3 aromatic heterocycles. The van der Waals surface area contributed by atoms with Crippen molar-refractivity contribution in [1.82, 2.24) is 18.9 Å². The van der Waals surface area contributed by atoms with E-state index in [0.717, 1.165) is 23.5 Å². The molecular weight excluding hydrogens is 369 g/mol. The van der Waals surface area contributed by atoms with Crippen LogP contribution in [0.25, 0.3) is 22.4 Å². The number of rotatable bonds is 2. The average Bonchev–Trinajstić information content (AvgIpc) is 3.46. The smallest absolute Gasteiger partial charge is 0.302 e. The molecule has 0 saturated heterocycles. The molecule has 0 N–H and O–H groups in total. The van der Waals surface area contributed by atoms with Crippen LogP contribution >= 0.6 is 0 Å². The molecule has 1 aliphatic rings. The number of imidazole rings is 1. The maximum atomic E-state index is 12.9. The summed E-state index contributed by atoms with van der Waals surface area (Å²) < 4.78 is 41.9. The van der Waals surface area contributed by atoms with E-state index in [9.17, 15) is 18.0 Å². The molecule has 1 aromatic carbocycles. The normalized spacial score (nSPS) is 14.9. The Kier molecular flexibility index (Phi) is 3.44. The molecule has 0 atom stereocenters. The zero-order valence-electron chi connectivity index (χ0n) is 14.9. The van der Waals surface area contributed by atoms with E-state index in [1.807, 2.05) is 23.6 Å². The number of nitrogens with zero attached hydrogens (tertiary/aromatic N) is 4. The molecule has 5 rings (SSSR count). The van der Waals surface area contributed by atoms with Gasteiger partial charge in [0, 0.05) is 6.20 Å². The van der Waals surface area contributed by atoms with E-state index in [0.29, 0.717) is 11.7 Å². The van der Waals surface area contributed by atoms with E-state index in [4.69, 9.17) is 0 Å². The van der Waals surface area contributed by atoms with Crippen LogP contribution in [0.1, 0.15) is 35.6 Å². The van der Waals surface area contributed by atoms with Crippen molar-refractivity contribution in [3.8, 4) is 5.82 Å². The third kappa shape index (κ3) is 2.59. The van der Waals surface area contributed by atoms with Crippen LogP contribution in [0.5, 0.6) is 0 Å². The van der Waals surface area contributed by atoms with Gasteiger partial charge in [-0.2, -0.15) is 13.2 Å². The molecule has 5 nitrogen and oxygen atoms in total. The topological polar surface area (TPSA) is 52.2 Å². The number of aromatic nitrogens is 4. The molecule has 3 heterocycles. The van der Waals surface area contributed by atoms with Gasteiger partial charge in [0.05, 0.1) is 22.2 Å². The van der Waals surface area contributed by atoms with Gasteiger partial charge in [0.2, 0.25) is 0 Å². The maximum absolute atomic E-state index is 12.9. The number of alkyl halides is 3. The molecule has 8 heteroatoms. The number of benzene rings is 1. The van der Waals surface area contributed by atoms with E-state index in [-0.39, 0.29) is 10.9 Å². The first-order chi connectivity index (χ1) is 13.3. The van der Waals surface area contributed by atoms with Crippen LogP contribution < -0.4 is 5.56 Å². The number of aryl methyl sites for hydroxylation is 1. The molecular formula is C20H15F3N4O. The van der Waals surface area contributed by atoms with Crippen LogP contribution in [0.2, 0.25) is 0 Å². The first kappa shape index (κ1) is 17.0. The lowest BCUT2D eigenvalue weighted by atomic mass is 10.1. The lowest BCUT2D eigenvalue weighted by molar-refractivity contribution is -0.137. The first-order valence-electron chi connectivity index (χ1n) is 8.90. The average molecular weight is 384 g/mol. The Labute approximate surface area is 157 Å². The van der Waals surface area contributed by atoms with E-state index in [1.54, 1.807) is 0 Å². The van der Waals surface area contributed by atoms with Gasteiger partial charge in [-0.3, -0.25) is 4.79 Å². The fraction of sp³-hybridized carbons (Fsp3) is 0.250. The fourth-order valence-corrected chi connectivity index (χ4v) is 3.52. The second-order valence-electron chi connectivity index (χ2n) is 7.13. The monoisotopic (exact) mass is 384 g/mol. The third-order valence-corrected chi connectivity index (χ3v) is 5.23. The van der Waals surface area contributed by atoms with Crippen molar-refractivity contribution < 1.29 is 13.2 Å². The minimum atomic E-state index is -4.48. The molecule has 4 aromatic rings. The molecule has 142 valence electrons. The molecule has 1 fully saturated rings. The number of hydrogen-bond donors (Lipinski definition) is 0. The molecule has 1 saturated carbocycles. The fourth-order valence-electron chi connectivity index (χ4n) is 3.52. The van der Waals surface area contributed by atoms with Crippen molar-refractivity contribution in [2.24, 2.45) is 0 Å². The van der Waals surface area contributed by atoms with Gasteiger partial charge in [-0.05, 0) is 61.6 Å². The Balaban J connectivity index is 1.67. The molecule has 1 aliphatic carbocycles. The highest BCUT2D eigenvalue weighted by atomic mass is 19.4. The highest BCUT2D eigenvalue weighted by molar-refractivity contribution is 5.78. The van der Waals surface area contributed by atoms with Crippen molar-refractivity contribution in [2.75, 3.05) is 0 Å². The molecule has 0 amide bonds. The van der Waals surface area contributed by atoms with Crippen LogP contribution in [0, 0.1) is 6.92 Å². The lowest BCUT2D eigenvalue weighted by Crippen LogP contribution is -2.20. The van der Waals surface area contributed by atoms with E-state index in [1.165, 1.54) is 35.4 Å². The number of halogens is 3. The summed E-state index contributed by atoms with van der Waals surface area (Å²) in [6.07, 6.45) is 1.04. The van der Waals surface area contributed by atoms with E-state index in [2.05, 4.69) is 16.0 Å². The highest BCUT2D eigenvalue weighted by Crippen LogP contribution is 2.40. The van der Waals surface area contributed by atoms with Crippen LogP contribution in [-0.4, -0.2) is 18.9 Å². The Bertz CT molecular complexity index is 1300. The van der Waals surface area contributed by atoms with Gasteiger partial charge in [-0.1, -0.05) is 0 Å². The van der Waals surface area contributed by atoms with Crippen molar-refractivity contribution in [3.63, 3.8) is 0 Å². The summed E-state index contributed by atoms with van der Waals surface area (Å²) >= 11 is 0. The lowest BCUT2D eigenvalue weighted by Gasteiger charge is -2.08. The Morgan fingerprint density at radius 3 is 2.64 bits per heavy atom. The van der Waals surface area contributed by atoms with E-state index < -0.39 is 17.3 Å². The Morgan fingerprint density at radius 1 is 1.14 bits per heavy atom. The summed E-state index contributed by atoms with van der Waals surface area (Å²) in [5, 5.41) is 0.116. The SMILES string of the molecule is Cc1c(-n2cnc3cc(C(F)(F)F)ccc3c2=O)nc2cc(C3CC3)ccn12.